The molecule has 0 N–H and O–H groups in total. The summed E-state index contributed by atoms with van der Waals surface area (Å²) in [4.78, 5) is 2.65. The van der Waals surface area contributed by atoms with E-state index >= 15 is 0 Å². The number of hydrogen-bond donors (Lipinski definition) is 0. The van der Waals surface area contributed by atoms with Crippen molar-refractivity contribution in [2.75, 3.05) is 7.05 Å². The van der Waals surface area contributed by atoms with Gasteiger partial charge in [-0.1, -0.05) is 60.7 Å². The number of fused-ring (bicyclic) bond motifs is 2. The average Bonchev–Trinajstić information content (AvgIpc) is 2.79. The van der Waals surface area contributed by atoms with E-state index in [0.717, 1.165) is 6.04 Å². The SMILES string of the molecule is CN1[C@H]2CC[C@@H]1[C@@H](c1ccccc1)[C@@H](c1ccccc1)C2.Cl. The second-order valence-electron chi connectivity index (χ2n) is 6.65. The summed E-state index contributed by atoms with van der Waals surface area (Å²) in [6.07, 6.45) is 4.02. The summed E-state index contributed by atoms with van der Waals surface area (Å²) in [5, 5.41) is 0. The molecule has 116 valence electrons. The predicted molar refractivity (Wildman–Crippen MR) is 94.8 cm³/mol. The summed E-state index contributed by atoms with van der Waals surface area (Å²) in [5.74, 6) is 1.31. The Hall–Kier alpha value is -1.31. The van der Waals surface area contributed by atoms with Crippen LogP contribution in [0.25, 0.3) is 0 Å². The Kier molecular flexibility index (Phi) is 4.56. The van der Waals surface area contributed by atoms with Gasteiger partial charge in [0, 0.05) is 18.0 Å². The van der Waals surface area contributed by atoms with E-state index in [0.29, 0.717) is 17.9 Å². The molecule has 1 nitrogen and oxygen atoms in total. The van der Waals surface area contributed by atoms with Gasteiger partial charge in [0.1, 0.15) is 0 Å². The van der Waals surface area contributed by atoms with E-state index in [4.69, 9.17) is 0 Å². The van der Waals surface area contributed by atoms with Gasteiger partial charge in [-0.15, -0.1) is 12.4 Å². The van der Waals surface area contributed by atoms with Crippen LogP contribution in [0.2, 0.25) is 0 Å². The highest BCUT2D eigenvalue weighted by Gasteiger charge is 2.46. The summed E-state index contributed by atoms with van der Waals surface area (Å²) in [7, 11) is 2.33. The van der Waals surface area contributed by atoms with Crippen LogP contribution < -0.4 is 0 Å². The van der Waals surface area contributed by atoms with Gasteiger partial charge in [0.2, 0.25) is 0 Å². The van der Waals surface area contributed by atoms with Crippen molar-refractivity contribution in [1.29, 1.82) is 0 Å². The maximum atomic E-state index is 2.65. The van der Waals surface area contributed by atoms with Crippen LogP contribution in [-0.4, -0.2) is 24.0 Å². The summed E-state index contributed by atoms with van der Waals surface area (Å²) in [5.41, 5.74) is 3.04. The molecule has 2 aromatic rings. The average molecular weight is 314 g/mol. The highest BCUT2D eigenvalue weighted by Crippen LogP contribution is 2.50. The minimum Gasteiger partial charge on any atom is -0.300 e. The normalized spacial score (nSPS) is 30.8. The molecule has 2 fully saturated rings. The first-order valence-electron chi connectivity index (χ1n) is 8.16. The molecule has 0 aliphatic carbocycles. The maximum Gasteiger partial charge on any atom is 0.0170 e. The number of rotatable bonds is 2. The molecule has 2 heterocycles. The van der Waals surface area contributed by atoms with Gasteiger partial charge < -0.3 is 0 Å². The lowest BCUT2D eigenvalue weighted by Crippen LogP contribution is -2.44. The fourth-order valence-corrected chi connectivity index (χ4v) is 4.64. The van der Waals surface area contributed by atoms with E-state index in [9.17, 15) is 0 Å². The number of piperidine rings is 1. The third-order valence-electron chi connectivity index (χ3n) is 5.68. The molecule has 0 spiro atoms. The van der Waals surface area contributed by atoms with Crippen LogP contribution in [0.15, 0.2) is 60.7 Å². The van der Waals surface area contributed by atoms with Crippen molar-refractivity contribution >= 4 is 12.4 Å². The molecule has 0 amide bonds. The number of likely N-dealkylation sites (N-methyl/N-ethyl adjacent to an activating group) is 1. The Morgan fingerprint density at radius 3 is 2.05 bits per heavy atom. The van der Waals surface area contributed by atoms with Crippen molar-refractivity contribution in [3.63, 3.8) is 0 Å². The molecule has 0 unspecified atom stereocenters. The third kappa shape index (κ3) is 2.57. The lowest BCUT2D eigenvalue weighted by molar-refractivity contribution is 0.137. The van der Waals surface area contributed by atoms with Crippen molar-refractivity contribution < 1.29 is 0 Å². The van der Waals surface area contributed by atoms with E-state index in [1.165, 1.54) is 30.4 Å². The van der Waals surface area contributed by atoms with Gasteiger partial charge in [-0.05, 0) is 43.4 Å². The molecule has 0 aromatic heterocycles. The summed E-state index contributed by atoms with van der Waals surface area (Å²) >= 11 is 0. The van der Waals surface area contributed by atoms with Crippen LogP contribution in [0.4, 0.5) is 0 Å². The van der Waals surface area contributed by atoms with Crippen LogP contribution in [0, 0.1) is 0 Å². The first-order chi connectivity index (χ1) is 10.3. The Morgan fingerprint density at radius 2 is 1.41 bits per heavy atom. The fourth-order valence-electron chi connectivity index (χ4n) is 4.64. The van der Waals surface area contributed by atoms with Crippen molar-refractivity contribution in [2.24, 2.45) is 0 Å². The van der Waals surface area contributed by atoms with Gasteiger partial charge >= 0.3 is 0 Å². The summed E-state index contributed by atoms with van der Waals surface area (Å²) in [6, 6.07) is 23.8. The smallest absolute Gasteiger partial charge is 0.0170 e. The fraction of sp³-hybridized carbons (Fsp3) is 0.400. The maximum absolute atomic E-state index is 2.65. The standard InChI is InChI=1S/C20H23N.ClH/c1-21-17-12-13-19(21)20(16-10-6-3-7-11-16)18(14-17)15-8-4-2-5-9-15;/h2-11,17-20H,12-14H2,1H3;1H/t17-,18+,19+,20-;/m0./s1. The molecule has 22 heavy (non-hydrogen) atoms. The molecule has 0 saturated carbocycles. The van der Waals surface area contributed by atoms with E-state index in [1.807, 2.05) is 0 Å². The number of benzene rings is 2. The minimum atomic E-state index is 0. The number of nitrogens with zero attached hydrogens (tertiary/aromatic N) is 1. The van der Waals surface area contributed by atoms with Crippen molar-refractivity contribution in [3.8, 4) is 0 Å². The second-order valence-corrected chi connectivity index (χ2v) is 6.65. The zero-order valence-corrected chi connectivity index (χ0v) is 13.9. The van der Waals surface area contributed by atoms with Crippen LogP contribution in [0.3, 0.4) is 0 Å². The van der Waals surface area contributed by atoms with Gasteiger partial charge in [-0.25, -0.2) is 0 Å². The topological polar surface area (TPSA) is 3.24 Å². The van der Waals surface area contributed by atoms with E-state index < -0.39 is 0 Å². The van der Waals surface area contributed by atoms with Crippen molar-refractivity contribution in [1.82, 2.24) is 4.90 Å². The minimum absolute atomic E-state index is 0. The second kappa shape index (κ2) is 6.44. The quantitative estimate of drug-likeness (QED) is 0.766. The molecule has 2 aliphatic rings. The molecule has 2 aromatic carbocycles. The van der Waals surface area contributed by atoms with Gasteiger partial charge in [-0.2, -0.15) is 0 Å². The van der Waals surface area contributed by atoms with E-state index in [-0.39, 0.29) is 12.4 Å². The lowest BCUT2D eigenvalue weighted by Gasteiger charge is -2.43. The molecule has 2 aliphatic heterocycles. The molecule has 2 bridgehead atoms. The number of hydrogen-bond acceptors (Lipinski definition) is 1. The Morgan fingerprint density at radius 1 is 0.818 bits per heavy atom. The first-order valence-corrected chi connectivity index (χ1v) is 8.16. The Balaban J connectivity index is 0.00000144. The molecule has 2 heteroatoms. The summed E-state index contributed by atoms with van der Waals surface area (Å²) < 4.78 is 0. The van der Waals surface area contributed by atoms with Gasteiger partial charge in [0.25, 0.3) is 0 Å². The zero-order chi connectivity index (χ0) is 14.2. The first kappa shape index (κ1) is 15.6. The Bertz CT molecular complexity index is 598. The third-order valence-corrected chi connectivity index (χ3v) is 5.68. The molecular formula is C20H24ClN. The molecule has 4 rings (SSSR count). The number of halogens is 1. The zero-order valence-electron chi connectivity index (χ0n) is 13.1. The van der Waals surface area contributed by atoms with E-state index in [2.05, 4.69) is 72.6 Å². The highest BCUT2D eigenvalue weighted by molar-refractivity contribution is 5.85. The van der Waals surface area contributed by atoms with Gasteiger partial charge in [0.05, 0.1) is 0 Å². The monoisotopic (exact) mass is 313 g/mol. The van der Waals surface area contributed by atoms with E-state index in [1.54, 1.807) is 0 Å². The molecule has 0 radical (unpaired) electrons. The van der Waals surface area contributed by atoms with Gasteiger partial charge in [0.15, 0.2) is 0 Å². The van der Waals surface area contributed by atoms with Crippen molar-refractivity contribution in [2.45, 2.75) is 43.2 Å². The lowest BCUT2D eigenvalue weighted by atomic mass is 9.73. The molecule has 2 saturated heterocycles. The van der Waals surface area contributed by atoms with Crippen LogP contribution in [0.1, 0.15) is 42.2 Å². The Labute approximate surface area is 139 Å². The van der Waals surface area contributed by atoms with Crippen LogP contribution in [-0.2, 0) is 0 Å². The predicted octanol–water partition coefficient (Wildman–Crippen LogP) is 4.84. The van der Waals surface area contributed by atoms with Crippen LogP contribution >= 0.6 is 12.4 Å². The molecular weight excluding hydrogens is 290 g/mol. The highest BCUT2D eigenvalue weighted by atomic mass is 35.5. The van der Waals surface area contributed by atoms with Crippen LogP contribution in [0.5, 0.6) is 0 Å². The largest absolute Gasteiger partial charge is 0.300 e. The molecule has 4 atom stereocenters. The van der Waals surface area contributed by atoms with Gasteiger partial charge in [-0.3, -0.25) is 4.90 Å². The summed E-state index contributed by atoms with van der Waals surface area (Å²) in [6.45, 7) is 0. The van der Waals surface area contributed by atoms with Crippen molar-refractivity contribution in [3.05, 3.63) is 71.8 Å².